The van der Waals surface area contributed by atoms with E-state index in [0.29, 0.717) is 11.6 Å². The molecule has 20 heavy (non-hydrogen) atoms. The van der Waals surface area contributed by atoms with Gasteiger partial charge in [-0.3, -0.25) is 0 Å². The molecule has 102 valence electrons. The number of benzene rings is 2. The molecule has 1 aliphatic heterocycles. The van der Waals surface area contributed by atoms with Crippen molar-refractivity contribution in [3.05, 3.63) is 47.5 Å². The number of oxime groups is 1. The fraction of sp³-hybridized carbons (Fsp3) is 0.0714. The second kappa shape index (κ2) is 5.26. The van der Waals surface area contributed by atoms with Crippen molar-refractivity contribution in [1.29, 1.82) is 0 Å². The van der Waals surface area contributed by atoms with E-state index in [9.17, 15) is 0 Å². The Labute approximate surface area is 125 Å². The number of anilines is 2. The Morgan fingerprint density at radius 2 is 1.95 bits per heavy atom. The van der Waals surface area contributed by atoms with Crippen LogP contribution in [0, 0.1) is 0 Å². The molecule has 0 atom stereocenters. The molecule has 2 aromatic rings. The van der Waals surface area contributed by atoms with Crippen LogP contribution in [0.1, 0.15) is 0 Å². The van der Waals surface area contributed by atoms with E-state index in [2.05, 4.69) is 11.2 Å². The molecular formula is C14H12ClN3OS. The molecule has 1 heterocycles. The summed E-state index contributed by atoms with van der Waals surface area (Å²) >= 11 is 7.78. The molecule has 0 saturated carbocycles. The van der Waals surface area contributed by atoms with Gasteiger partial charge in [0.25, 0.3) is 0 Å². The first kappa shape index (κ1) is 13.1. The molecule has 6 heteroatoms. The highest BCUT2D eigenvalue weighted by molar-refractivity contribution is 7.99. The Bertz CT molecular complexity index is 690. The summed E-state index contributed by atoms with van der Waals surface area (Å²) in [5, 5.41) is 12.5. The lowest BCUT2D eigenvalue weighted by molar-refractivity contribution is 0.317. The lowest BCUT2D eigenvalue weighted by Crippen LogP contribution is -2.32. The van der Waals surface area contributed by atoms with E-state index in [1.54, 1.807) is 11.8 Å². The van der Waals surface area contributed by atoms with E-state index in [-0.39, 0.29) is 5.84 Å². The predicted molar refractivity (Wildman–Crippen MR) is 82.4 cm³/mol. The lowest BCUT2D eigenvalue weighted by Gasteiger charge is -2.32. The van der Waals surface area contributed by atoms with E-state index >= 15 is 0 Å². The van der Waals surface area contributed by atoms with Gasteiger partial charge in [0.1, 0.15) is 0 Å². The van der Waals surface area contributed by atoms with Crippen molar-refractivity contribution in [2.45, 2.75) is 9.79 Å². The molecule has 3 N–H and O–H groups in total. The van der Waals surface area contributed by atoms with Crippen molar-refractivity contribution >= 4 is 40.6 Å². The molecule has 2 aromatic carbocycles. The van der Waals surface area contributed by atoms with Gasteiger partial charge >= 0.3 is 0 Å². The molecule has 0 unspecified atom stereocenters. The number of nitrogens with two attached hydrogens (primary N) is 1. The Hall–Kier alpha value is -1.85. The van der Waals surface area contributed by atoms with Gasteiger partial charge in [0.2, 0.25) is 0 Å². The molecule has 0 aliphatic carbocycles. The van der Waals surface area contributed by atoms with E-state index < -0.39 is 0 Å². The van der Waals surface area contributed by atoms with Crippen molar-refractivity contribution < 1.29 is 5.21 Å². The van der Waals surface area contributed by atoms with Gasteiger partial charge in [-0.2, -0.15) is 0 Å². The zero-order valence-electron chi connectivity index (χ0n) is 10.5. The topological polar surface area (TPSA) is 61.8 Å². The van der Waals surface area contributed by atoms with Crippen molar-refractivity contribution in [2.24, 2.45) is 10.9 Å². The lowest BCUT2D eigenvalue weighted by atomic mass is 10.2. The minimum atomic E-state index is 0.151. The van der Waals surface area contributed by atoms with E-state index in [1.807, 2.05) is 41.3 Å². The van der Waals surface area contributed by atoms with Crippen LogP contribution in [0.2, 0.25) is 5.02 Å². The van der Waals surface area contributed by atoms with Gasteiger partial charge < -0.3 is 15.8 Å². The maximum atomic E-state index is 8.82. The molecule has 0 spiro atoms. The van der Waals surface area contributed by atoms with Crippen LogP contribution in [0.4, 0.5) is 11.4 Å². The molecule has 0 radical (unpaired) electrons. The van der Waals surface area contributed by atoms with Crippen molar-refractivity contribution in [3.63, 3.8) is 0 Å². The van der Waals surface area contributed by atoms with E-state index in [0.717, 1.165) is 21.2 Å². The first-order chi connectivity index (χ1) is 9.69. The van der Waals surface area contributed by atoms with Crippen LogP contribution in [0.5, 0.6) is 0 Å². The summed E-state index contributed by atoms with van der Waals surface area (Å²) in [5.74, 6) is 0.151. The summed E-state index contributed by atoms with van der Waals surface area (Å²) < 4.78 is 0. The first-order valence-electron chi connectivity index (χ1n) is 5.99. The summed E-state index contributed by atoms with van der Waals surface area (Å²) in [6.07, 6.45) is 0. The second-order valence-corrected chi connectivity index (χ2v) is 5.88. The quantitative estimate of drug-likeness (QED) is 0.384. The average Bonchev–Trinajstić information content (AvgIpc) is 2.47. The molecule has 1 aliphatic rings. The number of fused-ring (bicyclic) bond motifs is 2. The van der Waals surface area contributed by atoms with Crippen molar-refractivity contribution in [1.82, 2.24) is 0 Å². The van der Waals surface area contributed by atoms with Crippen LogP contribution >= 0.6 is 23.4 Å². The summed E-state index contributed by atoms with van der Waals surface area (Å²) in [7, 11) is 0. The van der Waals surface area contributed by atoms with Crippen LogP contribution in [0.3, 0.4) is 0 Å². The monoisotopic (exact) mass is 305 g/mol. The summed E-state index contributed by atoms with van der Waals surface area (Å²) in [6.45, 7) is 0.307. The van der Waals surface area contributed by atoms with Crippen LogP contribution in [-0.2, 0) is 0 Å². The number of hydrogen-bond acceptors (Lipinski definition) is 4. The minimum Gasteiger partial charge on any atom is -0.409 e. The van der Waals surface area contributed by atoms with E-state index in [1.165, 1.54) is 0 Å². The highest BCUT2D eigenvalue weighted by Gasteiger charge is 2.24. The van der Waals surface area contributed by atoms with Crippen LogP contribution < -0.4 is 10.6 Å². The summed E-state index contributed by atoms with van der Waals surface area (Å²) in [6, 6.07) is 13.8. The number of hydrogen-bond donors (Lipinski definition) is 2. The maximum Gasteiger partial charge on any atom is 0.159 e. The smallest absolute Gasteiger partial charge is 0.159 e. The zero-order chi connectivity index (χ0) is 14.1. The third-order valence-corrected chi connectivity index (χ3v) is 4.40. The number of amidine groups is 1. The van der Waals surface area contributed by atoms with Gasteiger partial charge in [-0.25, -0.2) is 0 Å². The average molecular weight is 306 g/mol. The van der Waals surface area contributed by atoms with Crippen molar-refractivity contribution in [2.75, 3.05) is 11.4 Å². The normalized spacial score (nSPS) is 13.8. The third kappa shape index (κ3) is 2.30. The maximum absolute atomic E-state index is 8.82. The number of para-hydroxylation sites is 1. The fourth-order valence-electron chi connectivity index (χ4n) is 2.17. The Morgan fingerprint density at radius 1 is 1.20 bits per heavy atom. The molecule has 4 nitrogen and oxygen atoms in total. The zero-order valence-corrected chi connectivity index (χ0v) is 12.0. The fourth-order valence-corrected chi connectivity index (χ4v) is 3.41. The van der Waals surface area contributed by atoms with Gasteiger partial charge in [0.15, 0.2) is 5.84 Å². The number of halogens is 1. The van der Waals surface area contributed by atoms with Crippen molar-refractivity contribution in [3.8, 4) is 0 Å². The molecule has 0 fully saturated rings. The Balaban J connectivity index is 2.13. The Kier molecular flexibility index (Phi) is 3.46. The SMILES string of the molecule is NC(CN1c2ccccc2Sc2ccc(Cl)cc21)=NO. The molecule has 0 aromatic heterocycles. The summed E-state index contributed by atoms with van der Waals surface area (Å²) in [4.78, 5) is 4.23. The Morgan fingerprint density at radius 3 is 2.75 bits per heavy atom. The van der Waals surface area contributed by atoms with Gasteiger partial charge in [-0.1, -0.05) is 40.7 Å². The largest absolute Gasteiger partial charge is 0.409 e. The van der Waals surface area contributed by atoms with Gasteiger partial charge in [0.05, 0.1) is 17.9 Å². The standard InChI is InChI=1S/C14H12ClN3OS/c15-9-5-6-13-11(7-9)18(8-14(16)17-19)10-3-1-2-4-12(10)20-13/h1-7,19H,8H2,(H2,16,17). The van der Waals surface area contributed by atoms with Gasteiger partial charge in [0, 0.05) is 14.8 Å². The van der Waals surface area contributed by atoms with Crippen LogP contribution in [0.15, 0.2) is 57.4 Å². The molecule has 0 bridgehead atoms. The molecular weight excluding hydrogens is 294 g/mol. The molecule has 0 saturated heterocycles. The molecule has 3 rings (SSSR count). The highest BCUT2D eigenvalue weighted by atomic mass is 35.5. The van der Waals surface area contributed by atoms with Crippen LogP contribution in [0.25, 0.3) is 0 Å². The van der Waals surface area contributed by atoms with Gasteiger partial charge in [-0.05, 0) is 30.3 Å². The van der Waals surface area contributed by atoms with E-state index in [4.69, 9.17) is 22.5 Å². The third-order valence-electron chi connectivity index (χ3n) is 3.04. The number of nitrogens with zero attached hydrogens (tertiary/aromatic N) is 2. The van der Waals surface area contributed by atoms with Crippen LogP contribution in [-0.4, -0.2) is 17.6 Å². The first-order valence-corrected chi connectivity index (χ1v) is 7.19. The highest BCUT2D eigenvalue weighted by Crippen LogP contribution is 2.48. The van der Waals surface area contributed by atoms with Gasteiger partial charge in [-0.15, -0.1) is 0 Å². The minimum absolute atomic E-state index is 0.151. The number of rotatable bonds is 2. The summed E-state index contributed by atoms with van der Waals surface area (Å²) in [5.41, 5.74) is 7.67. The molecule has 0 amide bonds. The predicted octanol–water partition coefficient (Wildman–Crippen LogP) is 3.69. The second-order valence-electron chi connectivity index (χ2n) is 4.36.